The van der Waals surface area contributed by atoms with Crippen LogP contribution >= 0.6 is 0 Å². The lowest BCUT2D eigenvalue weighted by atomic mass is 9.61. The Labute approximate surface area is 342 Å². The molecule has 0 unspecified atom stereocenters. The van der Waals surface area contributed by atoms with Gasteiger partial charge < -0.3 is 34.2 Å². The molecule has 13 nitrogen and oxygen atoms in total. The van der Waals surface area contributed by atoms with Crippen LogP contribution in [0.1, 0.15) is 117 Å². The van der Waals surface area contributed by atoms with E-state index in [0.29, 0.717) is 23.4 Å². The van der Waals surface area contributed by atoms with Crippen molar-refractivity contribution in [3.63, 3.8) is 0 Å². The van der Waals surface area contributed by atoms with E-state index >= 15 is 0 Å². The van der Waals surface area contributed by atoms with E-state index in [-0.39, 0.29) is 23.6 Å². The standard InChI is InChI=1S/C35H49N9O3.C5H11N.2C2H6/c1-34(2,3)47-33(46)43-13-12-35(43)19-24(20-35)23-41-14-16-42(17-15-41)27-10-11-29(36-22-27)38-32-37-21-25-18-28(31(45)40(4)5)44(30(25)39-32)26-8-6-7-9-26;1-5(2)6(3)4;2*1-2/h10-11,18,21-22,24,26H,6-9,12-17,19-20,23H2,1-5H3,(H,36,37,38,39);1H2,2-4H3;2*1-2H3. The van der Waals surface area contributed by atoms with Crippen LogP contribution in [-0.4, -0.2) is 130 Å². The SMILES string of the molecule is C=C(C)N(C)C.CC.CC.CN(C)C(=O)c1cc2cnc(Nc3ccc(N4CCN(CC5CC6(CCN6C(=O)OC(C)(C)C)C5)CC4)cn3)nc2n1C1CCCC1. The number of carbonyl (C=O) groups is 2. The minimum atomic E-state index is -0.450. The van der Waals surface area contributed by atoms with E-state index in [1.165, 1.54) is 12.8 Å². The second kappa shape index (κ2) is 19.8. The molecule has 5 heterocycles. The van der Waals surface area contributed by atoms with Gasteiger partial charge in [0.1, 0.15) is 22.8 Å². The normalized spacial score (nSPS) is 20.5. The summed E-state index contributed by atoms with van der Waals surface area (Å²) in [5, 5.41) is 4.16. The van der Waals surface area contributed by atoms with Crippen molar-refractivity contribution in [1.82, 2.24) is 39.1 Å². The quantitative estimate of drug-likeness (QED) is 0.239. The maximum absolute atomic E-state index is 13.0. The molecule has 0 atom stereocenters. The summed E-state index contributed by atoms with van der Waals surface area (Å²) in [4.78, 5) is 50.3. The Bertz CT molecular complexity index is 1760. The third kappa shape index (κ3) is 11.2. The van der Waals surface area contributed by atoms with Crippen molar-refractivity contribution in [2.75, 3.05) is 77.7 Å². The van der Waals surface area contributed by atoms with Crippen molar-refractivity contribution in [3.8, 4) is 0 Å². The molecule has 2 amide bonds. The third-order valence-electron chi connectivity index (χ3n) is 11.2. The van der Waals surface area contributed by atoms with Gasteiger partial charge in [0.15, 0.2) is 0 Å². The van der Waals surface area contributed by atoms with Crippen molar-refractivity contribution in [2.24, 2.45) is 5.92 Å². The molecule has 2 aliphatic carbocycles. The lowest BCUT2D eigenvalue weighted by molar-refractivity contribution is -0.108. The largest absolute Gasteiger partial charge is 0.444 e. The number of fused-ring (bicyclic) bond motifs is 1. The number of nitrogens with zero attached hydrogens (tertiary/aromatic N) is 9. The van der Waals surface area contributed by atoms with Crippen LogP contribution in [0.25, 0.3) is 11.0 Å². The summed E-state index contributed by atoms with van der Waals surface area (Å²) in [6.07, 6.45) is 11.3. The molecule has 2 saturated carbocycles. The molecular formula is C44H72N10O3. The van der Waals surface area contributed by atoms with Crippen molar-refractivity contribution >= 4 is 40.5 Å². The number of hydrogen-bond acceptors (Lipinski definition) is 10. The van der Waals surface area contributed by atoms with Crippen LogP contribution in [0.15, 0.2) is 42.9 Å². The van der Waals surface area contributed by atoms with E-state index in [1.54, 1.807) is 25.2 Å². The summed E-state index contributed by atoms with van der Waals surface area (Å²) >= 11 is 0. The Kier molecular flexibility index (Phi) is 15.8. The van der Waals surface area contributed by atoms with Crippen molar-refractivity contribution < 1.29 is 14.3 Å². The number of aromatic nitrogens is 4. The van der Waals surface area contributed by atoms with Gasteiger partial charge in [0.05, 0.1) is 11.9 Å². The zero-order chi connectivity index (χ0) is 42.1. The summed E-state index contributed by atoms with van der Waals surface area (Å²) in [7, 11) is 7.52. The maximum Gasteiger partial charge on any atom is 0.410 e. The molecule has 2 saturated heterocycles. The molecule has 7 rings (SSSR count). The minimum absolute atomic E-state index is 0.0146. The minimum Gasteiger partial charge on any atom is -0.444 e. The first-order valence-corrected chi connectivity index (χ1v) is 21.3. The number of ether oxygens (including phenoxy) is 1. The van der Waals surface area contributed by atoms with Gasteiger partial charge in [-0.25, -0.2) is 14.8 Å². The van der Waals surface area contributed by atoms with Crippen LogP contribution in [-0.2, 0) is 4.74 Å². The van der Waals surface area contributed by atoms with Gasteiger partial charge in [-0.05, 0) is 83.9 Å². The fraction of sp³-hybridized carbons (Fsp3) is 0.659. The second-order valence-electron chi connectivity index (χ2n) is 16.8. The Balaban J connectivity index is 0.000000652. The average molecular weight is 789 g/mol. The monoisotopic (exact) mass is 789 g/mol. The number of likely N-dealkylation sites (tertiary alicyclic amines) is 1. The van der Waals surface area contributed by atoms with Gasteiger partial charge in [-0.15, -0.1) is 0 Å². The molecule has 0 bridgehead atoms. The molecule has 3 aromatic heterocycles. The topological polar surface area (TPSA) is 115 Å². The summed E-state index contributed by atoms with van der Waals surface area (Å²) in [5.74, 6) is 1.78. The van der Waals surface area contributed by atoms with Gasteiger partial charge in [0.25, 0.3) is 5.91 Å². The van der Waals surface area contributed by atoms with E-state index in [9.17, 15) is 9.59 Å². The fourth-order valence-electron chi connectivity index (χ4n) is 8.02. The fourth-order valence-corrected chi connectivity index (χ4v) is 8.02. The van der Waals surface area contributed by atoms with E-state index < -0.39 is 5.60 Å². The molecule has 4 aliphatic rings. The van der Waals surface area contributed by atoms with E-state index in [0.717, 1.165) is 93.8 Å². The zero-order valence-electron chi connectivity index (χ0n) is 37.2. The van der Waals surface area contributed by atoms with Gasteiger partial charge in [-0.3, -0.25) is 9.69 Å². The van der Waals surface area contributed by atoms with Gasteiger partial charge in [0.2, 0.25) is 5.95 Å². The molecule has 0 radical (unpaired) electrons. The Morgan fingerprint density at radius 3 is 2.07 bits per heavy atom. The molecule has 2 aliphatic heterocycles. The molecule has 3 aromatic rings. The van der Waals surface area contributed by atoms with Crippen LogP contribution < -0.4 is 10.2 Å². The average Bonchev–Trinajstić information content (AvgIpc) is 3.82. The van der Waals surface area contributed by atoms with Crippen LogP contribution in [0.5, 0.6) is 0 Å². The second-order valence-corrected chi connectivity index (χ2v) is 16.8. The third-order valence-corrected chi connectivity index (χ3v) is 11.2. The van der Waals surface area contributed by atoms with Gasteiger partial charge in [-0.1, -0.05) is 47.1 Å². The highest BCUT2D eigenvalue weighted by atomic mass is 16.6. The van der Waals surface area contributed by atoms with Crippen LogP contribution in [0.4, 0.5) is 22.2 Å². The number of anilines is 3. The lowest BCUT2D eigenvalue weighted by Gasteiger charge is -2.61. The Morgan fingerprint density at radius 2 is 1.56 bits per heavy atom. The molecule has 1 N–H and O–H groups in total. The van der Waals surface area contributed by atoms with Gasteiger partial charge >= 0.3 is 6.09 Å². The molecule has 57 heavy (non-hydrogen) atoms. The summed E-state index contributed by atoms with van der Waals surface area (Å²) in [5.41, 5.74) is 3.26. The van der Waals surface area contributed by atoms with E-state index in [4.69, 9.17) is 14.7 Å². The number of carbonyl (C=O) groups excluding carboxylic acids is 2. The highest BCUT2D eigenvalue weighted by Gasteiger charge is 2.56. The van der Waals surface area contributed by atoms with Gasteiger partial charge in [0, 0.05) is 96.3 Å². The van der Waals surface area contributed by atoms with Crippen molar-refractivity contribution in [2.45, 2.75) is 118 Å². The van der Waals surface area contributed by atoms with Crippen LogP contribution in [0, 0.1) is 5.92 Å². The predicted octanol–water partition coefficient (Wildman–Crippen LogP) is 8.43. The van der Waals surface area contributed by atoms with Crippen LogP contribution in [0.3, 0.4) is 0 Å². The highest BCUT2D eigenvalue weighted by molar-refractivity contribution is 5.98. The molecule has 4 fully saturated rings. The predicted molar refractivity (Wildman–Crippen MR) is 233 cm³/mol. The molecule has 0 aromatic carbocycles. The first-order valence-electron chi connectivity index (χ1n) is 21.3. The number of hydrogen-bond donors (Lipinski definition) is 1. The van der Waals surface area contributed by atoms with Crippen molar-refractivity contribution in [3.05, 3.63) is 48.6 Å². The summed E-state index contributed by atoms with van der Waals surface area (Å²) in [6.45, 7) is 25.3. The number of pyridine rings is 1. The number of nitrogens with one attached hydrogen (secondary N) is 1. The first kappa shape index (κ1) is 45.3. The maximum atomic E-state index is 13.0. The first-order chi connectivity index (χ1) is 27.1. The number of rotatable bonds is 8. The number of piperazine rings is 1. The van der Waals surface area contributed by atoms with E-state index in [2.05, 4.69) is 37.3 Å². The molecule has 1 spiro atoms. The molecule has 316 valence electrons. The van der Waals surface area contributed by atoms with Gasteiger partial charge in [-0.2, -0.15) is 4.98 Å². The lowest BCUT2D eigenvalue weighted by Crippen LogP contribution is -2.69. The van der Waals surface area contributed by atoms with Crippen molar-refractivity contribution in [1.29, 1.82) is 0 Å². The Morgan fingerprint density at radius 1 is 0.930 bits per heavy atom. The summed E-state index contributed by atoms with van der Waals surface area (Å²) in [6, 6.07) is 6.28. The van der Waals surface area contributed by atoms with E-state index in [1.807, 2.05) is 97.6 Å². The summed E-state index contributed by atoms with van der Waals surface area (Å²) < 4.78 is 7.77. The van der Waals surface area contributed by atoms with Crippen LogP contribution in [0.2, 0.25) is 0 Å². The molecular weight excluding hydrogens is 717 g/mol. The highest BCUT2D eigenvalue weighted by Crippen LogP contribution is 2.51. The molecule has 13 heteroatoms. The zero-order valence-corrected chi connectivity index (χ0v) is 37.2. The number of allylic oxidation sites excluding steroid dienone is 1. The number of amides is 2. The smallest absolute Gasteiger partial charge is 0.410 e. The Hall–Kier alpha value is -4.39.